The Morgan fingerprint density at radius 2 is 1.57 bits per heavy atom. The molecule has 2 atom stereocenters. The second-order valence-electron chi connectivity index (χ2n) is 4.80. The summed E-state index contributed by atoms with van der Waals surface area (Å²) in [5.74, 6) is 4.55. The Balaban J connectivity index is 2.06. The lowest BCUT2D eigenvalue weighted by Crippen LogP contribution is -2.14. The van der Waals surface area contributed by atoms with Crippen LogP contribution in [0.2, 0.25) is 0 Å². The average Bonchev–Trinajstić information content (AvgIpc) is 2.18. The summed E-state index contributed by atoms with van der Waals surface area (Å²) >= 11 is 4.23. The predicted octanol–water partition coefficient (Wildman–Crippen LogP) is 4.52. The average molecular weight is 228 g/mol. The Morgan fingerprint density at radius 3 is 2.14 bits per heavy atom. The molecule has 1 saturated heterocycles. The molecule has 2 rings (SSSR count). The fraction of sp³-hybridized carbons (Fsp3) is 0.833. The maximum Gasteiger partial charge on any atom is 0.0393 e. The second-order valence-corrected chi connectivity index (χ2v) is 7.26. The van der Waals surface area contributed by atoms with Crippen molar-refractivity contribution >= 4 is 23.5 Å². The Bertz CT molecular complexity index is 212. The van der Waals surface area contributed by atoms with E-state index in [1.54, 1.807) is 9.81 Å². The van der Waals surface area contributed by atoms with E-state index in [2.05, 4.69) is 37.4 Å². The fourth-order valence-electron chi connectivity index (χ4n) is 2.58. The first-order valence-electron chi connectivity index (χ1n) is 5.73. The second kappa shape index (κ2) is 4.98. The van der Waals surface area contributed by atoms with Crippen molar-refractivity contribution in [2.75, 3.05) is 11.5 Å². The summed E-state index contributed by atoms with van der Waals surface area (Å²) in [5.41, 5.74) is 1.78. The normalized spacial score (nSPS) is 34.7. The summed E-state index contributed by atoms with van der Waals surface area (Å²) in [4.78, 5) is 0. The van der Waals surface area contributed by atoms with Crippen LogP contribution in [-0.4, -0.2) is 11.5 Å². The van der Waals surface area contributed by atoms with Crippen molar-refractivity contribution in [2.45, 2.75) is 39.5 Å². The summed E-state index contributed by atoms with van der Waals surface area (Å²) < 4.78 is 1.69. The van der Waals surface area contributed by atoms with Crippen LogP contribution in [0.1, 0.15) is 39.5 Å². The molecule has 1 aliphatic carbocycles. The minimum absolute atomic E-state index is 0.921. The smallest absolute Gasteiger partial charge is 0.0393 e. The molecule has 0 spiro atoms. The Kier molecular flexibility index (Phi) is 3.89. The predicted molar refractivity (Wildman–Crippen MR) is 68.7 cm³/mol. The van der Waals surface area contributed by atoms with Gasteiger partial charge in [0.2, 0.25) is 0 Å². The van der Waals surface area contributed by atoms with Gasteiger partial charge in [-0.05, 0) is 54.6 Å². The number of allylic oxidation sites excluding steroid dienone is 1. The van der Waals surface area contributed by atoms with Crippen molar-refractivity contribution in [1.82, 2.24) is 0 Å². The molecule has 80 valence electrons. The minimum atomic E-state index is 0.921. The van der Waals surface area contributed by atoms with Crippen molar-refractivity contribution in [3.8, 4) is 0 Å². The van der Waals surface area contributed by atoms with Crippen LogP contribution in [0.25, 0.3) is 0 Å². The van der Waals surface area contributed by atoms with Gasteiger partial charge < -0.3 is 0 Å². The van der Waals surface area contributed by atoms with Gasteiger partial charge in [-0.1, -0.05) is 13.8 Å². The molecular weight excluding hydrogens is 208 g/mol. The first-order chi connectivity index (χ1) is 6.75. The monoisotopic (exact) mass is 228 g/mol. The van der Waals surface area contributed by atoms with Crippen LogP contribution in [0.4, 0.5) is 0 Å². The van der Waals surface area contributed by atoms with Crippen LogP contribution >= 0.6 is 23.5 Å². The fourth-order valence-corrected chi connectivity index (χ4v) is 5.29. The van der Waals surface area contributed by atoms with Gasteiger partial charge >= 0.3 is 0 Å². The minimum Gasteiger partial charge on any atom is -0.119 e. The number of hydrogen-bond donors (Lipinski definition) is 0. The highest BCUT2D eigenvalue weighted by Crippen LogP contribution is 2.43. The summed E-state index contributed by atoms with van der Waals surface area (Å²) in [5, 5.41) is 0. The quantitative estimate of drug-likeness (QED) is 0.597. The lowest BCUT2D eigenvalue weighted by Gasteiger charge is -2.29. The molecule has 2 unspecified atom stereocenters. The van der Waals surface area contributed by atoms with Crippen molar-refractivity contribution in [3.05, 3.63) is 9.81 Å². The molecule has 0 aromatic carbocycles. The highest BCUT2D eigenvalue weighted by Gasteiger charge is 2.22. The van der Waals surface area contributed by atoms with Gasteiger partial charge in [-0.3, -0.25) is 0 Å². The zero-order chi connectivity index (χ0) is 9.97. The van der Waals surface area contributed by atoms with Gasteiger partial charge in [-0.25, -0.2) is 0 Å². The maximum absolute atomic E-state index is 2.41. The molecule has 0 aromatic rings. The molecule has 2 heteroatoms. The molecule has 0 bridgehead atoms. The third-order valence-corrected chi connectivity index (χ3v) is 5.83. The molecule has 2 aliphatic rings. The molecular formula is C12H20S2. The molecule has 0 N–H and O–H groups in total. The van der Waals surface area contributed by atoms with Gasteiger partial charge in [-0.15, -0.1) is 23.5 Å². The van der Waals surface area contributed by atoms with Crippen molar-refractivity contribution in [3.63, 3.8) is 0 Å². The Labute approximate surface area is 96.3 Å². The summed E-state index contributed by atoms with van der Waals surface area (Å²) in [6.07, 6.45) is 5.59. The van der Waals surface area contributed by atoms with Gasteiger partial charge in [0.1, 0.15) is 0 Å². The van der Waals surface area contributed by atoms with Crippen molar-refractivity contribution in [2.24, 2.45) is 11.8 Å². The molecule has 0 aromatic heterocycles. The van der Waals surface area contributed by atoms with E-state index in [1.807, 2.05) is 0 Å². The summed E-state index contributed by atoms with van der Waals surface area (Å²) in [7, 11) is 0. The molecule has 0 radical (unpaired) electrons. The first kappa shape index (κ1) is 10.9. The van der Waals surface area contributed by atoms with Crippen LogP contribution in [0.5, 0.6) is 0 Å². The molecule has 2 fully saturated rings. The van der Waals surface area contributed by atoms with Gasteiger partial charge in [0.15, 0.2) is 0 Å². The lowest BCUT2D eigenvalue weighted by atomic mass is 9.81. The van der Waals surface area contributed by atoms with Gasteiger partial charge in [-0.2, -0.15) is 0 Å². The van der Waals surface area contributed by atoms with E-state index in [1.165, 1.54) is 37.2 Å². The van der Waals surface area contributed by atoms with E-state index in [0.29, 0.717) is 0 Å². The van der Waals surface area contributed by atoms with Crippen LogP contribution in [0.3, 0.4) is 0 Å². The zero-order valence-corrected chi connectivity index (χ0v) is 10.8. The lowest BCUT2D eigenvalue weighted by molar-refractivity contribution is 0.358. The maximum atomic E-state index is 2.41. The topological polar surface area (TPSA) is 0 Å². The van der Waals surface area contributed by atoms with Gasteiger partial charge in [0.25, 0.3) is 0 Å². The van der Waals surface area contributed by atoms with Crippen LogP contribution in [0, 0.1) is 11.8 Å². The van der Waals surface area contributed by atoms with E-state index < -0.39 is 0 Å². The van der Waals surface area contributed by atoms with E-state index in [9.17, 15) is 0 Å². The van der Waals surface area contributed by atoms with Gasteiger partial charge in [0, 0.05) is 4.24 Å². The molecule has 14 heavy (non-hydrogen) atoms. The number of thioether (sulfide) groups is 2. The largest absolute Gasteiger partial charge is 0.119 e. The molecule has 0 amide bonds. The molecule has 1 aliphatic heterocycles. The van der Waals surface area contributed by atoms with Crippen molar-refractivity contribution < 1.29 is 0 Å². The first-order valence-corrected chi connectivity index (χ1v) is 7.70. The number of hydrogen-bond acceptors (Lipinski definition) is 2. The van der Waals surface area contributed by atoms with Crippen LogP contribution in [0.15, 0.2) is 9.81 Å². The van der Waals surface area contributed by atoms with Gasteiger partial charge in [0.05, 0.1) is 0 Å². The standard InChI is InChI=1S/C12H20S2/c1-9-6-10(2)8-11(7-9)12-13-4-3-5-14-12/h9-10H,3-8H2,1-2H3. The highest BCUT2D eigenvalue weighted by atomic mass is 32.2. The van der Waals surface area contributed by atoms with E-state index in [-0.39, 0.29) is 0 Å². The summed E-state index contributed by atoms with van der Waals surface area (Å²) in [6.45, 7) is 4.82. The van der Waals surface area contributed by atoms with E-state index in [0.717, 1.165) is 11.8 Å². The Hall–Kier alpha value is 0.440. The SMILES string of the molecule is CC1CC(=C2SCCCS2)CC(C)C1. The molecule has 0 nitrogen and oxygen atoms in total. The van der Waals surface area contributed by atoms with Crippen LogP contribution < -0.4 is 0 Å². The third kappa shape index (κ3) is 2.73. The zero-order valence-electron chi connectivity index (χ0n) is 9.21. The number of rotatable bonds is 0. The summed E-state index contributed by atoms with van der Waals surface area (Å²) in [6, 6.07) is 0. The Morgan fingerprint density at radius 1 is 1.00 bits per heavy atom. The van der Waals surface area contributed by atoms with E-state index in [4.69, 9.17) is 0 Å². The van der Waals surface area contributed by atoms with E-state index >= 15 is 0 Å². The molecule has 1 heterocycles. The molecule has 1 saturated carbocycles. The van der Waals surface area contributed by atoms with Crippen molar-refractivity contribution in [1.29, 1.82) is 0 Å². The third-order valence-electron chi connectivity index (χ3n) is 3.04. The highest BCUT2D eigenvalue weighted by molar-refractivity contribution is 8.22. The van der Waals surface area contributed by atoms with Crippen LogP contribution in [-0.2, 0) is 0 Å².